The zero-order chi connectivity index (χ0) is 23.7. The number of amides is 2. The van der Waals surface area contributed by atoms with Gasteiger partial charge in [0.25, 0.3) is 0 Å². The van der Waals surface area contributed by atoms with Gasteiger partial charge in [0, 0.05) is 37.4 Å². The van der Waals surface area contributed by atoms with Gasteiger partial charge in [-0.3, -0.25) is 0 Å². The molecule has 0 saturated carbocycles. The summed E-state index contributed by atoms with van der Waals surface area (Å²) in [5, 5.41) is 9.86. The van der Waals surface area contributed by atoms with Gasteiger partial charge in [-0.05, 0) is 47.5 Å². The van der Waals surface area contributed by atoms with E-state index in [0.717, 1.165) is 50.5 Å². The Morgan fingerprint density at radius 2 is 1.97 bits per heavy atom. The molecule has 3 heterocycles. The second-order valence-corrected chi connectivity index (χ2v) is 7.94. The maximum atomic E-state index is 12.3. The van der Waals surface area contributed by atoms with Crippen molar-refractivity contribution in [1.29, 1.82) is 0 Å². The van der Waals surface area contributed by atoms with E-state index >= 15 is 0 Å². The Labute approximate surface area is 196 Å². The van der Waals surface area contributed by atoms with Gasteiger partial charge in [-0.15, -0.1) is 0 Å². The van der Waals surface area contributed by atoms with Crippen molar-refractivity contribution in [1.82, 2.24) is 24.8 Å². The summed E-state index contributed by atoms with van der Waals surface area (Å²) in [5.74, 6) is 1.47. The molecule has 5 aromatic rings. The van der Waals surface area contributed by atoms with Crippen molar-refractivity contribution in [2.75, 3.05) is 24.8 Å². The Hall–Kier alpha value is -4.53. The van der Waals surface area contributed by atoms with Crippen LogP contribution < -0.4 is 20.7 Å². The highest BCUT2D eigenvalue weighted by atomic mass is 16.5. The summed E-state index contributed by atoms with van der Waals surface area (Å²) in [4.78, 5) is 24.9. The summed E-state index contributed by atoms with van der Waals surface area (Å²) in [7, 11) is 5.42. The molecule has 0 aliphatic carbocycles. The number of benzene rings is 2. The van der Waals surface area contributed by atoms with Gasteiger partial charge in [-0.1, -0.05) is 18.2 Å². The standard InChI is InChI=1S/C25H25N7O2/c1-26-24-21-22(32(2)14-28-21)19-12-20(30-23(19)31-24)16-6-4-5-15(11-16)13-27-25(33)29-17-7-9-18(34-3)10-8-17/h4-12,14H,13H2,1-3H3,(H2,26,30,31)(H2,27,29,33). The molecule has 5 rings (SSSR count). The number of H-pyrrole nitrogens is 1. The number of anilines is 2. The Balaban J connectivity index is 1.35. The zero-order valence-electron chi connectivity index (χ0n) is 19.1. The summed E-state index contributed by atoms with van der Waals surface area (Å²) in [6, 6.07) is 17.0. The first-order valence-electron chi connectivity index (χ1n) is 10.9. The quantitative estimate of drug-likeness (QED) is 0.302. The Kier molecular flexibility index (Phi) is 5.51. The van der Waals surface area contributed by atoms with Crippen LogP contribution in [0.1, 0.15) is 5.56 Å². The molecule has 0 atom stereocenters. The summed E-state index contributed by atoms with van der Waals surface area (Å²) in [6.07, 6.45) is 1.79. The molecule has 3 aromatic heterocycles. The van der Waals surface area contributed by atoms with Gasteiger partial charge < -0.3 is 30.2 Å². The van der Waals surface area contributed by atoms with Crippen LogP contribution in [0.3, 0.4) is 0 Å². The maximum absolute atomic E-state index is 12.3. The minimum absolute atomic E-state index is 0.274. The number of ether oxygens (including phenoxy) is 1. The van der Waals surface area contributed by atoms with Crippen LogP contribution in [-0.4, -0.2) is 39.7 Å². The third-order valence-electron chi connectivity index (χ3n) is 5.71. The highest BCUT2D eigenvalue weighted by molar-refractivity contribution is 6.07. The molecule has 2 amide bonds. The Bertz CT molecular complexity index is 1490. The summed E-state index contributed by atoms with van der Waals surface area (Å²) >= 11 is 0. The number of fused-ring (bicyclic) bond motifs is 3. The smallest absolute Gasteiger partial charge is 0.319 e. The maximum Gasteiger partial charge on any atom is 0.319 e. The van der Waals surface area contributed by atoms with Crippen LogP contribution in [0.4, 0.5) is 16.3 Å². The number of carbonyl (C=O) groups is 1. The Morgan fingerprint density at radius 3 is 2.74 bits per heavy atom. The first-order valence-corrected chi connectivity index (χ1v) is 10.9. The fourth-order valence-corrected chi connectivity index (χ4v) is 4.01. The second-order valence-electron chi connectivity index (χ2n) is 7.94. The number of imidazole rings is 1. The first kappa shape index (κ1) is 21.3. The van der Waals surface area contributed by atoms with E-state index in [4.69, 9.17) is 9.72 Å². The largest absolute Gasteiger partial charge is 0.497 e. The van der Waals surface area contributed by atoms with Crippen LogP contribution in [0, 0.1) is 0 Å². The van der Waals surface area contributed by atoms with Crippen molar-refractivity contribution < 1.29 is 9.53 Å². The van der Waals surface area contributed by atoms with Crippen molar-refractivity contribution >= 4 is 39.6 Å². The number of nitrogens with zero attached hydrogens (tertiary/aromatic N) is 3. The lowest BCUT2D eigenvalue weighted by atomic mass is 10.1. The molecule has 0 radical (unpaired) electrons. The van der Waals surface area contributed by atoms with E-state index in [0.29, 0.717) is 12.2 Å². The van der Waals surface area contributed by atoms with Gasteiger partial charge in [0.05, 0.1) is 19.0 Å². The number of aromatic nitrogens is 4. The van der Waals surface area contributed by atoms with Crippen LogP contribution in [0.2, 0.25) is 0 Å². The number of nitrogens with one attached hydrogen (secondary N) is 4. The van der Waals surface area contributed by atoms with E-state index in [2.05, 4.69) is 38.1 Å². The number of aromatic amines is 1. The highest BCUT2D eigenvalue weighted by Crippen LogP contribution is 2.31. The molecule has 2 aromatic carbocycles. The topological polar surface area (TPSA) is 109 Å². The van der Waals surface area contributed by atoms with Gasteiger partial charge in [0.2, 0.25) is 0 Å². The first-order chi connectivity index (χ1) is 16.6. The molecule has 9 nitrogen and oxygen atoms in total. The number of pyridine rings is 1. The van der Waals surface area contributed by atoms with Crippen molar-refractivity contribution in [2.24, 2.45) is 7.05 Å². The minimum atomic E-state index is -0.274. The number of hydrogen-bond acceptors (Lipinski definition) is 5. The fourth-order valence-electron chi connectivity index (χ4n) is 4.01. The summed E-state index contributed by atoms with van der Waals surface area (Å²) in [6.45, 7) is 0.393. The molecule has 0 aliphatic heterocycles. The van der Waals surface area contributed by atoms with Crippen molar-refractivity contribution in [2.45, 2.75) is 6.54 Å². The molecule has 34 heavy (non-hydrogen) atoms. The molecule has 0 unspecified atom stereocenters. The molecular weight excluding hydrogens is 430 g/mol. The Morgan fingerprint density at radius 1 is 1.15 bits per heavy atom. The van der Waals surface area contributed by atoms with E-state index in [1.807, 2.05) is 36.9 Å². The lowest BCUT2D eigenvalue weighted by Crippen LogP contribution is -2.28. The number of methoxy groups -OCH3 is 1. The number of aryl methyl sites for hydroxylation is 1. The van der Waals surface area contributed by atoms with Gasteiger partial charge in [0.15, 0.2) is 5.82 Å². The van der Waals surface area contributed by atoms with Crippen molar-refractivity contribution in [3.05, 3.63) is 66.5 Å². The number of rotatable bonds is 6. The number of carbonyl (C=O) groups excluding carboxylic acids is 1. The van der Waals surface area contributed by atoms with Gasteiger partial charge >= 0.3 is 6.03 Å². The van der Waals surface area contributed by atoms with E-state index < -0.39 is 0 Å². The van der Waals surface area contributed by atoms with Crippen LogP contribution in [0.25, 0.3) is 33.3 Å². The van der Waals surface area contributed by atoms with E-state index in [-0.39, 0.29) is 6.03 Å². The van der Waals surface area contributed by atoms with Crippen LogP contribution in [-0.2, 0) is 13.6 Å². The van der Waals surface area contributed by atoms with Crippen molar-refractivity contribution in [3.63, 3.8) is 0 Å². The van der Waals surface area contributed by atoms with Gasteiger partial charge in [0.1, 0.15) is 16.9 Å². The highest BCUT2D eigenvalue weighted by Gasteiger charge is 2.15. The normalized spacial score (nSPS) is 11.0. The van der Waals surface area contributed by atoms with Crippen LogP contribution >= 0.6 is 0 Å². The summed E-state index contributed by atoms with van der Waals surface area (Å²) in [5.41, 5.74) is 6.28. The van der Waals surface area contributed by atoms with Gasteiger partial charge in [-0.2, -0.15) is 0 Å². The average Bonchev–Trinajstić information content (AvgIpc) is 3.46. The molecule has 9 heteroatoms. The average molecular weight is 456 g/mol. The van der Waals surface area contributed by atoms with Crippen molar-refractivity contribution in [3.8, 4) is 17.0 Å². The molecule has 0 fully saturated rings. The third-order valence-corrected chi connectivity index (χ3v) is 5.71. The predicted molar refractivity (Wildman–Crippen MR) is 134 cm³/mol. The van der Waals surface area contributed by atoms with E-state index in [9.17, 15) is 4.79 Å². The van der Waals surface area contributed by atoms with Crippen LogP contribution in [0.5, 0.6) is 5.75 Å². The third kappa shape index (κ3) is 3.99. The summed E-state index contributed by atoms with van der Waals surface area (Å²) < 4.78 is 7.14. The zero-order valence-corrected chi connectivity index (χ0v) is 19.1. The second kappa shape index (κ2) is 8.78. The van der Waals surface area contributed by atoms with Gasteiger partial charge in [-0.25, -0.2) is 14.8 Å². The van der Waals surface area contributed by atoms with E-state index in [1.54, 1.807) is 37.7 Å². The number of hydrogen-bond donors (Lipinski definition) is 4. The molecule has 0 bridgehead atoms. The lowest BCUT2D eigenvalue weighted by molar-refractivity contribution is 0.251. The minimum Gasteiger partial charge on any atom is -0.497 e. The molecular formula is C25H25N7O2. The molecule has 0 saturated heterocycles. The molecule has 0 spiro atoms. The molecule has 172 valence electrons. The molecule has 0 aliphatic rings. The SMILES string of the molecule is CNc1nc2[nH]c(-c3cccc(CNC(=O)Nc4ccc(OC)cc4)c3)cc2c2c1ncn2C. The monoisotopic (exact) mass is 455 g/mol. The number of urea groups is 1. The fraction of sp³-hybridized carbons (Fsp3) is 0.160. The molecule has 4 N–H and O–H groups in total. The van der Waals surface area contributed by atoms with E-state index in [1.165, 1.54) is 0 Å². The lowest BCUT2D eigenvalue weighted by Gasteiger charge is -2.09. The van der Waals surface area contributed by atoms with Crippen LogP contribution in [0.15, 0.2) is 60.9 Å². The predicted octanol–water partition coefficient (Wildman–Crippen LogP) is 4.49.